The van der Waals surface area contributed by atoms with Gasteiger partial charge >= 0.3 is 0 Å². The Morgan fingerprint density at radius 3 is 2.81 bits per heavy atom. The largest absolute Gasteiger partial charge is 0.352 e. The molecule has 3 N–H and O–H groups in total. The molecule has 1 fully saturated rings. The Morgan fingerprint density at radius 1 is 1.56 bits per heavy atom. The van der Waals surface area contributed by atoms with E-state index in [2.05, 4.69) is 11.4 Å². The van der Waals surface area contributed by atoms with Crippen molar-refractivity contribution in [3.05, 3.63) is 0 Å². The molecule has 0 spiro atoms. The van der Waals surface area contributed by atoms with Gasteiger partial charge in [0.25, 0.3) is 0 Å². The van der Waals surface area contributed by atoms with E-state index in [4.69, 9.17) is 11.0 Å². The van der Waals surface area contributed by atoms with Gasteiger partial charge in [-0.15, -0.1) is 0 Å². The minimum atomic E-state index is -0.0542. The molecule has 0 bridgehead atoms. The number of carbonyl (C=O) groups excluding carboxylic acids is 1. The van der Waals surface area contributed by atoms with Crippen molar-refractivity contribution in [1.29, 1.82) is 5.26 Å². The maximum Gasteiger partial charge on any atom is 0.224 e. The lowest BCUT2D eigenvalue weighted by atomic mass is 9.84. The van der Waals surface area contributed by atoms with Gasteiger partial charge in [0.1, 0.15) is 0 Å². The molecule has 4 nitrogen and oxygen atoms in total. The zero-order chi connectivity index (χ0) is 12.0. The average molecular weight is 223 g/mol. The lowest BCUT2D eigenvalue weighted by Crippen LogP contribution is -2.46. The molecule has 3 atom stereocenters. The normalized spacial score (nSPS) is 26.8. The van der Waals surface area contributed by atoms with E-state index in [0.29, 0.717) is 6.42 Å². The molecule has 1 rings (SSSR count). The van der Waals surface area contributed by atoms with Crippen molar-refractivity contribution < 1.29 is 4.79 Å². The maximum atomic E-state index is 12.0. The zero-order valence-electron chi connectivity index (χ0n) is 9.91. The van der Waals surface area contributed by atoms with Crippen LogP contribution >= 0.6 is 0 Å². The summed E-state index contributed by atoms with van der Waals surface area (Å²) in [5, 5.41) is 11.5. The molecule has 1 amide bonds. The van der Waals surface area contributed by atoms with Crippen LogP contribution in [-0.2, 0) is 4.79 Å². The monoisotopic (exact) mass is 223 g/mol. The summed E-state index contributed by atoms with van der Waals surface area (Å²) in [5.41, 5.74) is 5.95. The van der Waals surface area contributed by atoms with Crippen LogP contribution < -0.4 is 11.1 Å². The molecule has 0 heterocycles. The Bertz CT molecular complexity index is 272. The molecular formula is C12H21N3O. The van der Waals surface area contributed by atoms with E-state index < -0.39 is 0 Å². The van der Waals surface area contributed by atoms with Crippen LogP contribution in [0.1, 0.15) is 45.4 Å². The van der Waals surface area contributed by atoms with E-state index in [1.54, 1.807) is 0 Å². The van der Waals surface area contributed by atoms with E-state index in [-0.39, 0.29) is 23.9 Å². The lowest BCUT2D eigenvalue weighted by Gasteiger charge is -2.28. The van der Waals surface area contributed by atoms with Gasteiger partial charge in [-0.25, -0.2) is 0 Å². The standard InChI is InChI=1S/C12H21N3O/c1-2-9(7-8-13)15-12(16)10-5-3-4-6-11(10)14/h9-11H,2-7,14H2,1H3,(H,15,16). The second kappa shape index (κ2) is 6.49. The number of nitrogens with one attached hydrogen (secondary N) is 1. The minimum Gasteiger partial charge on any atom is -0.352 e. The first-order chi connectivity index (χ1) is 7.69. The number of rotatable bonds is 4. The highest BCUT2D eigenvalue weighted by atomic mass is 16.2. The van der Waals surface area contributed by atoms with Crippen LogP contribution in [0.5, 0.6) is 0 Å². The number of hydrogen-bond acceptors (Lipinski definition) is 3. The first-order valence-electron chi connectivity index (χ1n) is 6.12. The van der Waals surface area contributed by atoms with Crippen LogP contribution in [-0.4, -0.2) is 18.0 Å². The van der Waals surface area contributed by atoms with Crippen LogP contribution in [0.25, 0.3) is 0 Å². The molecule has 0 radical (unpaired) electrons. The quantitative estimate of drug-likeness (QED) is 0.754. The number of carbonyl (C=O) groups is 1. The Morgan fingerprint density at radius 2 is 2.25 bits per heavy atom. The van der Waals surface area contributed by atoms with Crippen molar-refractivity contribution in [3.63, 3.8) is 0 Å². The van der Waals surface area contributed by atoms with Crippen LogP contribution in [0.3, 0.4) is 0 Å². The summed E-state index contributed by atoms with van der Waals surface area (Å²) >= 11 is 0. The maximum absolute atomic E-state index is 12.0. The Labute approximate surface area is 97.2 Å². The van der Waals surface area contributed by atoms with E-state index in [9.17, 15) is 4.79 Å². The fourth-order valence-electron chi connectivity index (χ4n) is 2.20. The molecule has 1 aliphatic carbocycles. The van der Waals surface area contributed by atoms with E-state index >= 15 is 0 Å². The Hall–Kier alpha value is -1.08. The van der Waals surface area contributed by atoms with Gasteiger partial charge in [0.05, 0.1) is 18.4 Å². The summed E-state index contributed by atoms with van der Waals surface area (Å²) in [5.74, 6) is -0.0178. The van der Waals surface area contributed by atoms with Gasteiger partial charge in [-0.2, -0.15) is 5.26 Å². The van der Waals surface area contributed by atoms with E-state index in [1.807, 2.05) is 6.92 Å². The minimum absolute atomic E-state index is 0.00616. The van der Waals surface area contributed by atoms with E-state index in [0.717, 1.165) is 32.1 Å². The SMILES string of the molecule is CCC(CC#N)NC(=O)C1CCCCC1N. The zero-order valence-corrected chi connectivity index (χ0v) is 9.91. The van der Waals surface area contributed by atoms with Crippen LogP contribution in [0.4, 0.5) is 0 Å². The molecule has 0 aromatic heterocycles. The van der Waals surface area contributed by atoms with Gasteiger partial charge < -0.3 is 11.1 Å². The van der Waals surface area contributed by atoms with Crippen molar-refractivity contribution in [2.45, 2.75) is 57.5 Å². The predicted octanol–water partition coefficient (Wildman–Crippen LogP) is 1.31. The summed E-state index contributed by atoms with van der Waals surface area (Å²) in [6.45, 7) is 1.98. The average Bonchev–Trinajstić information content (AvgIpc) is 2.28. The van der Waals surface area contributed by atoms with Crippen molar-refractivity contribution in [1.82, 2.24) is 5.32 Å². The number of nitriles is 1. The van der Waals surface area contributed by atoms with Gasteiger partial charge in [-0.05, 0) is 19.3 Å². The van der Waals surface area contributed by atoms with Crippen LogP contribution in [0, 0.1) is 17.2 Å². The lowest BCUT2D eigenvalue weighted by molar-refractivity contribution is -0.127. The molecular weight excluding hydrogens is 202 g/mol. The third-order valence-corrected chi connectivity index (χ3v) is 3.33. The predicted molar refractivity (Wildman–Crippen MR) is 62.4 cm³/mol. The first-order valence-corrected chi connectivity index (χ1v) is 6.12. The van der Waals surface area contributed by atoms with Crippen LogP contribution in [0.15, 0.2) is 0 Å². The molecule has 90 valence electrons. The smallest absolute Gasteiger partial charge is 0.224 e. The molecule has 1 saturated carbocycles. The van der Waals surface area contributed by atoms with Crippen molar-refractivity contribution in [2.24, 2.45) is 11.7 Å². The summed E-state index contributed by atoms with van der Waals surface area (Å²) in [7, 11) is 0. The summed E-state index contributed by atoms with van der Waals surface area (Å²) in [4.78, 5) is 12.0. The first kappa shape index (κ1) is 13.0. The Kier molecular flexibility index (Phi) is 5.27. The van der Waals surface area contributed by atoms with Crippen molar-refractivity contribution >= 4 is 5.91 Å². The number of amides is 1. The van der Waals surface area contributed by atoms with Gasteiger partial charge in [0, 0.05) is 12.1 Å². The number of nitrogens with zero attached hydrogens (tertiary/aromatic N) is 1. The summed E-state index contributed by atoms with van der Waals surface area (Å²) in [6.07, 6.45) is 5.20. The molecule has 16 heavy (non-hydrogen) atoms. The second-order valence-corrected chi connectivity index (χ2v) is 4.53. The fraction of sp³-hybridized carbons (Fsp3) is 0.833. The highest BCUT2D eigenvalue weighted by molar-refractivity contribution is 5.79. The highest BCUT2D eigenvalue weighted by Crippen LogP contribution is 2.23. The molecule has 0 aliphatic heterocycles. The van der Waals surface area contributed by atoms with Gasteiger partial charge in [-0.3, -0.25) is 4.79 Å². The molecule has 4 heteroatoms. The number of nitrogens with two attached hydrogens (primary N) is 1. The summed E-state index contributed by atoms with van der Waals surface area (Å²) in [6, 6.07) is 2.06. The molecule has 0 aromatic carbocycles. The third-order valence-electron chi connectivity index (χ3n) is 3.33. The van der Waals surface area contributed by atoms with Gasteiger partial charge in [-0.1, -0.05) is 19.8 Å². The third kappa shape index (κ3) is 3.49. The van der Waals surface area contributed by atoms with Crippen molar-refractivity contribution in [3.8, 4) is 6.07 Å². The van der Waals surface area contributed by atoms with Gasteiger partial charge in [0.2, 0.25) is 5.91 Å². The van der Waals surface area contributed by atoms with E-state index in [1.165, 1.54) is 0 Å². The van der Waals surface area contributed by atoms with Crippen LogP contribution in [0.2, 0.25) is 0 Å². The molecule has 0 aromatic rings. The van der Waals surface area contributed by atoms with Gasteiger partial charge in [0.15, 0.2) is 0 Å². The highest BCUT2D eigenvalue weighted by Gasteiger charge is 2.29. The fourth-order valence-corrected chi connectivity index (χ4v) is 2.20. The number of hydrogen-bond donors (Lipinski definition) is 2. The second-order valence-electron chi connectivity index (χ2n) is 4.53. The summed E-state index contributed by atoms with van der Waals surface area (Å²) < 4.78 is 0. The topological polar surface area (TPSA) is 78.9 Å². The molecule has 1 aliphatic rings. The Balaban J connectivity index is 2.46. The molecule has 0 saturated heterocycles. The van der Waals surface area contributed by atoms with Crippen molar-refractivity contribution in [2.75, 3.05) is 0 Å². The molecule has 3 unspecified atom stereocenters.